The molecular formula is C11H11N3O4. The van der Waals surface area contributed by atoms with Crippen LogP contribution in [0, 0.1) is 6.92 Å². The van der Waals surface area contributed by atoms with Gasteiger partial charge in [-0.05, 0) is 6.92 Å². The first kappa shape index (κ1) is 10.8. The first-order chi connectivity index (χ1) is 8.56. The summed E-state index contributed by atoms with van der Waals surface area (Å²) >= 11 is 0. The van der Waals surface area contributed by atoms with Crippen molar-refractivity contribution in [3.05, 3.63) is 32.7 Å². The third-order valence-corrected chi connectivity index (χ3v) is 3.05. The van der Waals surface area contributed by atoms with Crippen LogP contribution in [0.25, 0.3) is 11.1 Å². The number of aromatic nitrogens is 2. The number of hydrogen-bond acceptors (Lipinski definition) is 4. The highest BCUT2D eigenvalue weighted by atomic mass is 16.3. The van der Waals surface area contributed by atoms with Crippen molar-refractivity contribution in [3.63, 3.8) is 0 Å². The molecule has 3 heterocycles. The molecule has 94 valence electrons. The van der Waals surface area contributed by atoms with Gasteiger partial charge < -0.3 is 14.7 Å². The van der Waals surface area contributed by atoms with E-state index in [0.717, 1.165) is 4.57 Å². The number of carbonyl (C=O) groups is 1. The number of rotatable bonds is 1. The number of aromatic amines is 1. The van der Waals surface area contributed by atoms with Gasteiger partial charge in [0, 0.05) is 19.0 Å². The van der Waals surface area contributed by atoms with Crippen molar-refractivity contribution in [1.29, 1.82) is 0 Å². The molecule has 1 atom stereocenters. The standard InChI is InChI=1S/C11H11N3O4/c1-5-2-7-9(18-5)10(16)14(11(17)13-7)6-3-8(15)12-4-6/h2,6H,3-4H2,1H3,(H,12,15)(H,13,17). The summed E-state index contributed by atoms with van der Waals surface area (Å²) in [5, 5.41) is 2.59. The Morgan fingerprint density at radius 1 is 1.39 bits per heavy atom. The third kappa shape index (κ3) is 1.47. The van der Waals surface area contributed by atoms with Gasteiger partial charge in [0.2, 0.25) is 11.5 Å². The summed E-state index contributed by atoms with van der Waals surface area (Å²) in [4.78, 5) is 37.8. The molecule has 1 amide bonds. The van der Waals surface area contributed by atoms with E-state index in [1.165, 1.54) is 0 Å². The average molecular weight is 249 g/mol. The number of nitrogens with zero attached hydrogens (tertiary/aromatic N) is 1. The fourth-order valence-corrected chi connectivity index (χ4v) is 2.25. The lowest BCUT2D eigenvalue weighted by Gasteiger charge is -2.09. The van der Waals surface area contributed by atoms with Gasteiger partial charge in [0.15, 0.2) is 0 Å². The monoisotopic (exact) mass is 249 g/mol. The van der Waals surface area contributed by atoms with E-state index in [1.807, 2.05) is 0 Å². The second-order valence-corrected chi connectivity index (χ2v) is 4.37. The van der Waals surface area contributed by atoms with Crippen LogP contribution in [0.1, 0.15) is 18.2 Å². The number of fused-ring (bicyclic) bond motifs is 1. The molecule has 1 aliphatic rings. The van der Waals surface area contributed by atoms with E-state index in [1.54, 1.807) is 13.0 Å². The topological polar surface area (TPSA) is 97.1 Å². The second kappa shape index (κ2) is 3.59. The van der Waals surface area contributed by atoms with Crippen LogP contribution in [-0.2, 0) is 4.79 Å². The quantitative estimate of drug-likeness (QED) is 0.722. The van der Waals surface area contributed by atoms with Crippen molar-refractivity contribution in [1.82, 2.24) is 14.9 Å². The highest BCUT2D eigenvalue weighted by Crippen LogP contribution is 2.15. The zero-order valence-electron chi connectivity index (χ0n) is 9.65. The third-order valence-electron chi connectivity index (χ3n) is 3.05. The minimum absolute atomic E-state index is 0.117. The summed E-state index contributed by atoms with van der Waals surface area (Å²) < 4.78 is 6.32. The Bertz CT molecular complexity index is 752. The van der Waals surface area contributed by atoms with Crippen molar-refractivity contribution in [2.45, 2.75) is 19.4 Å². The van der Waals surface area contributed by atoms with E-state index in [0.29, 0.717) is 11.3 Å². The van der Waals surface area contributed by atoms with Gasteiger partial charge in [-0.2, -0.15) is 0 Å². The fraction of sp³-hybridized carbons (Fsp3) is 0.364. The normalized spacial score (nSPS) is 19.4. The fourth-order valence-electron chi connectivity index (χ4n) is 2.25. The molecule has 7 nitrogen and oxygen atoms in total. The number of nitrogens with one attached hydrogen (secondary N) is 2. The lowest BCUT2D eigenvalue weighted by Crippen LogP contribution is -2.38. The lowest BCUT2D eigenvalue weighted by atomic mass is 10.2. The van der Waals surface area contributed by atoms with Crippen LogP contribution < -0.4 is 16.6 Å². The zero-order chi connectivity index (χ0) is 12.9. The molecule has 0 aromatic carbocycles. The summed E-state index contributed by atoms with van der Waals surface area (Å²) in [6.45, 7) is 1.98. The number of hydrogen-bond donors (Lipinski definition) is 2. The molecule has 0 radical (unpaired) electrons. The molecule has 1 aliphatic heterocycles. The van der Waals surface area contributed by atoms with Crippen LogP contribution in [0.3, 0.4) is 0 Å². The Morgan fingerprint density at radius 2 is 2.17 bits per heavy atom. The maximum Gasteiger partial charge on any atom is 0.329 e. The maximum absolute atomic E-state index is 12.2. The molecule has 0 aliphatic carbocycles. The van der Waals surface area contributed by atoms with Crippen molar-refractivity contribution in [2.24, 2.45) is 0 Å². The Kier molecular flexibility index (Phi) is 2.16. The number of H-pyrrole nitrogens is 1. The molecule has 0 spiro atoms. The van der Waals surface area contributed by atoms with Crippen molar-refractivity contribution in [3.8, 4) is 0 Å². The van der Waals surface area contributed by atoms with Crippen LogP contribution >= 0.6 is 0 Å². The molecule has 3 rings (SSSR count). The molecule has 7 heteroatoms. The molecule has 1 fully saturated rings. The van der Waals surface area contributed by atoms with Gasteiger partial charge >= 0.3 is 5.69 Å². The Labute approximate surface area is 100 Å². The van der Waals surface area contributed by atoms with E-state index in [2.05, 4.69) is 10.3 Å². The average Bonchev–Trinajstić information content (AvgIpc) is 2.85. The SMILES string of the molecule is Cc1cc2[nH]c(=O)n(C3CNC(=O)C3)c(=O)c2o1. The molecular weight excluding hydrogens is 238 g/mol. The molecule has 2 aromatic rings. The summed E-state index contributed by atoms with van der Waals surface area (Å²) in [6.07, 6.45) is 0.133. The number of amides is 1. The van der Waals surface area contributed by atoms with E-state index in [4.69, 9.17) is 4.42 Å². The predicted octanol–water partition coefficient (Wildman–Crippen LogP) is -0.348. The predicted molar refractivity (Wildman–Crippen MR) is 62.5 cm³/mol. The maximum atomic E-state index is 12.2. The van der Waals surface area contributed by atoms with Crippen LogP contribution in [-0.4, -0.2) is 22.0 Å². The first-order valence-electron chi connectivity index (χ1n) is 5.58. The molecule has 2 N–H and O–H groups in total. The minimum atomic E-state index is -0.519. The first-order valence-corrected chi connectivity index (χ1v) is 5.58. The highest BCUT2D eigenvalue weighted by molar-refractivity contribution is 5.78. The highest BCUT2D eigenvalue weighted by Gasteiger charge is 2.27. The second-order valence-electron chi connectivity index (χ2n) is 4.37. The largest absolute Gasteiger partial charge is 0.454 e. The van der Waals surface area contributed by atoms with Gasteiger partial charge in [-0.15, -0.1) is 0 Å². The van der Waals surface area contributed by atoms with Crippen LogP contribution in [0.15, 0.2) is 20.1 Å². The van der Waals surface area contributed by atoms with E-state index in [9.17, 15) is 14.4 Å². The van der Waals surface area contributed by atoms with Crippen LogP contribution in [0.2, 0.25) is 0 Å². The Balaban J connectivity index is 2.26. The molecule has 0 bridgehead atoms. The summed E-state index contributed by atoms with van der Waals surface area (Å²) in [5.41, 5.74) is -0.513. The molecule has 1 saturated heterocycles. The number of carbonyl (C=O) groups excluding carboxylic acids is 1. The molecule has 2 aromatic heterocycles. The van der Waals surface area contributed by atoms with Crippen LogP contribution in [0.5, 0.6) is 0 Å². The van der Waals surface area contributed by atoms with Gasteiger partial charge in [0.1, 0.15) is 5.76 Å². The van der Waals surface area contributed by atoms with Crippen LogP contribution in [0.4, 0.5) is 0 Å². The molecule has 0 saturated carbocycles. The minimum Gasteiger partial charge on any atom is -0.454 e. The summed E-state index contributed by atoms with van der Waals surface area (Å²) in [6, 6.07) is 1.14. The Morgan fingerprint density at radius 3 is 2.83 bits per heavy atom. The summed E-state index contributed by atoms with van der Waals surface area (Å²) in [5.74, 6) is 0.387. The van der Waals surface area contributed by atoms with Gasteiger partial charge in [0.05, 0.1) is 11.6 Å². The van der Waals surface area contributed by atoms with E-state index >= 15 is 0 Å². The Hall–Kier alpha value is -2.31. The van der Waals surface area contributed by atoms with Crippen molar-refractivity contribution < 1.29 is 9.21 Å². The van der Waals surface area contributed by atoms with Crippen molar-refractivity contribution in [2.75, 3.05) is 6.54 Å². The van der Waals surface area contributed by atoms with Gasteiger partial charge in [-0.3, -0.25) is 14.2 Å². The van der Waals surface area contributed by atoms with E-state index in [-0.39, 0.29) is 24.5 Å². The van der Waals surface area contributed by atoms with Gasteiger partial charge in [-0.25, -0.2) is 4.79 Å². The summed E-state index contributed by atoms with van der Waals surface area (Å²) in [7, 11) is 0. The zero-order valence-corrected chi connectivity index (χ0v) is 9.65. The smallest absolute Gasteiger partial charge is 0.329 e. The van der Waals surface area contributed by atoms with E-state index < -0.39 is 17.3 Å². The van der Waals surface area contributed by atoms with Crippen molar-refractivity contribution >= 4 is 17.0 Å². The lowest BCUT2D eigenvalue weighted by molar-refractivity contribution is -0.119. The van der Waals surface area contributed by atoms with Gasteiger partial charge in [0.25, 0.3) is 5.56 Å². The molecule has 18 heavy (non-hydrogen) atoms. The number of aryl methyl sites for hydroxylation is 1. The van der Waals surface area contributed by atoms with Gasteiger partial charge in [-0.1, -0.05) is 0 Å². The molecule has 1 unspecified atom stereocenters. The number of furan rings is 1.